The number of nitrogens with zero attached hydrogens (tertiary/aromatic N) is 3. The van der Waals surface area contributed by atoms with Crippen LogP contribution in [0.5, 0.6) is 0 Å². The highest BCUT2D eigenvalue weighted by Crippen LogP contribution is 2.32. The van der Waals surface area contributed by atoms with Crippen molar-refractivity contribution < 1.29 is 27.6 Å². The maximum atomic E-state index is 13.0. The van der Waals surface area contributed by atoms with Gasteiger partial charge in [0.05, 0.1) is 5.56 Å². The minimum Gasteiger partial charge on any atom is -0.369 e. The molecule has 2 fully saturated rings. The molecule has 5 rings (SSSR count). The average molecular weight is 529 g/mol. The number of rotatable bonds is 7. The second-order valence-electron chi connectivity index (χ2n) is 10.2. The SMILES string of the molecule is O=C1CCC(N2Cc3c(CCCCN4CCN(c5ccc(C(F)(F)F)cc5)CC4)cccc3C2=O)C(=O)N1. The lowest BCUT2D eigenvalue weighted by molar-refractivity contribution is -0.138. The Bertz CT molecular complexity index is 1210. The van der Waals surface area contributed by atoms with Crippen molar-refractivity contribution in [1.82, 2.24) is 15.1 Å². The van der Waals surface area contributed by atoms with Crippen LogP contribution in [0, 0.1) is 0 Å². The summed E-state index contributed by atoms with van der Waals surface area (Å²) in [7, 11) is 0. The summed E-state index contributed by atoms with van der Waals surface area (Å²) in [4.78, 5) is 42.9. The van der Waals surface area contributed by atoms with Gasteiger partial charge in [-0.2, -0.15) is 13.2 Å². The first-order valence-electron chi connectivity index (χ1n) is 13.1. The molecule has 0 spiro atoms. The first-order chi connectivity index (χ1) is 18.2. The van der Waals surface area contributed by atoms with Crippen molar-refractivity contribution in [1.29, 1.82) is 0 Å². The molecule has 1 N–H and O–H groups in total. The summed E-state index contributed by atoms with van der Waals surface area (Å²) in [6.07, 6.45) is -0.935. The van der Waals surface area contributed by atoms with E-state index in [1.54, 1.807) is 17.0 Å². The summed E-state index contributed by atoms with van der Waals surface area (Å²) < 4.78 is 38.4. The molecule has 2 aromatic rings. The number of hydrogen-bond donors (Lipinski definition) is 1. The van der Waals surface area contributed by atoms with Crippen LogP contribution in [0.1, 0.15) is 52.7 Å². The molecular formula is C28H31F3N4O3. The van der Waals surface area contributed by atoms with Gasteiger partial charge in [-0.15, -0.1) is 0 Å². The van der Waals surface area contributed by atoms with Gasteiger partial charge in [0.25, 0.3) is 5.91 Å². The third kappa shape index (κ3) is 5.55. The Morgan fingerprint density at radius 1 is 0.921 bits per heavy atom. The molecule has 2 aromatic carbocycles. The summed E-state index contributed by atoms with van der Waals surface area (Å²) in [6.45, 7) is 4.60. The topological polar surface area (TPSA) is 73.0 Å². The lowest BCUT2D eigenvalue weighted by Crippen LogP contribution is -2.52. The Balaban J connectivity index is 1.09. The van der Waals surface area contributed by atoms with E-state index in [2.05, 4.69) is 15.1 Å². The Hall–Kier alpha value is -3.40. The van der Waals surface area contributed by atoms with Gasteiger partial charge in [0, 0.05) is 50.4 Å². The number of anilines is 1. The highest BCUT2D eigenvalue weighted by Gasteiger charge is 2.39. The molecule has 3 aliphatic heterocycles. The van der Waals surface area contributed by atoms with Crippen LogP contribution in [0.3, 0.4) is 0 Å². The van der Waals surface area contributed by atoms with Crippen molar-refractivity contribution in [2.75, 3.05) is 37.6 Å². The van der Waals surface area contributed by atoms with Crippen molar-refractivity contribution in [2.45, 2.75) is 50.9 Å². The molecule has 0 radical (unpaired) electrons. The average Bonchev–Trinajstić information content (AvgIpc) is 3.23. The third-order valence-electron chi connectivity index (χ3n) is 7.78. The minimum atomic E-state index is -4.32. The van der Waals surface area contributed by atoms with Crippen LogP contribution in [-0.4, -0.2) is 66.3 Å². The number of halogens is 3. The van der Waals surface area contributed by atoms with Gasteiger partial charge in [-0.1, -0.05) is 12.1 Å². The van der Waals surface area contributed by atoms with Gasteiger partial charge in [0.1, 0.15) is 6.04 Å². The molecule has 0 aromatic heterocycles. The van der Waals surface area contributed by atoms with Crippen LogP contribution in [0.15, 0.2) is 42.5 Å². The second-order valence-corrected chi connectivity index (χ2v) is 10.2. The number of amides is 3. The second kappa shape index (κ2) is 10.8. The van der Waals surface area contributed by atoms with Crippen LogP contribution in [0.25, 0.3) is 0 Å². The van der Waals surface area contributed by atoms with Crippen molar-refractivity contribution in [3.8, 4) is 0 Å². The molecule has 38 heavy (non-hydrogen) atoms. The van der Waals surface area contributed by atoms with Crippen LogP contribution in [-0.2, 0) is 28.7 Å². The molecule has 7 nitrogen and oxygen atoms in total. The van der Waals surface area contributed by atoms with E-state index in [4.69, 9.17) is 0 Å². The maximum absolute atomic E-state index is 13.0. The fraction of sp³-hybridized carbons (Fsp3) is 0.464. The smallest absolute Gasteiger partial charge is 0.369 e. The molecule has 1 unspecified atom stereocenters. The monoisotopic (exact) mass is 528 g/mol. The molecule has 10 heteroatoms. The first kappa shape index (κ1) is 26.2. The number of imide groups is 1. The molecule has 3 heterocycles. The largest absolute Gasteiger partial charge is 0.416 e. The van der Waals surface area contributed by atoms with E-state index in [9.17, 15) is 27.6 Å². The van der Waals surface area contributed by atoms with E-state index in [0.29, 0.717) is 18.5 Å². The highest BCUT2D eigenvalue weighted by atomic mass is 19.4. The molecule has 202 valence electrons. The normalized spacial score (nSPS) is 20.6. The lowest BCUT2D eigenvalue weighted by Gasteiger charge is -2.36. The zero-order valence-electron chi connectivity index (χ0n) is 21.1. The fourth-order valence-corrected chi connectivity index (χ4v) is 5.63. The third-order valence-corrected chi connectivity index (χ3v) is 7.78. The van der Waals surface area contributed by atoms with Crippen molar-refractivity contribution in [3.05, 3.63) is 64.7 Å². The van der Waals surface area contributed by atoms with E-state index in [0.717, 1.165) is 80.9 Å². The Kier molecular flexibility index (Phi) is 7.43. The molecule has 0 bridgehead atoms. The van der Waals surface area contributed by atoms with Crippen LogP contribution in [0.2, 0.25) is 0 Å². The summed E-state index contributed by atoms with van der Waals surface area (Å²) in [5.74, 6) is -0.846. The number of aryl methyl sites for hydroxylation is 1. The summed E-state index contributed by atoms with van der Waals surface area (Å²) in [5, 5.41) is 2.34. The van der Waals surface area contributed by atoms with Gasteiger partial charge in [-0.3, -0.25) is 24.6 Å². The van der Waals surface area contributed by atoms with Gasteiger partial charge in [0.2, 0.25) is 11.8 Å². The van der Waals surface area contributed by atoms with Gasteiger partial charge in [-0.05, 0) is 73.7 Å². The number of nitrogens with one attached hydrogen (secondary N) is 1. The van der Waals surface area contributed by atoms with Crippen LogP contribution >= 0.6 is 0 Å². The summed E-state index contributed by atoms with van der Waals surface area (Å²) >= 11 is 0. The minimum absolute atomic E-state index is 0.151. The molecule has 0 aliphatic carbocycles. The van der Waals surface area contributed by atoms with E-state index >= 15 is 0 Å². The lowest BCUT2D eigenvalue weighted by atomic mass is 9.98. The summed E-state index contributed by atoms with van der Waals surface area (Å²) in [5.41, 5.74) is 2.94. The zero-order chi connectivity index (χ0) is 26.9. The Morgan fingerprint density at radius 3 is 2.34 bits per heavy atom. The quantitative estimate of drug-likeness (QED) is 0.439. The van der Waals surface area contributed by atoms with Crippen molar-refractivity contribution in [2.24, 2.45) is 0 Å². The molecule has 3 amide bonds. The number of carbonyl (C=O) groups is 3. The predicted molar refractivity (Wildman–Crippen MR) is 136 cm³/mol. The van der Waals surface area contributed by atoms with Gasteiger partial charge in [0.15, 0.2) is 0 Å². The Morgan fingerprint density at radius 2 is 1.66 bits per heavy atom. The van der Waals surface area contributed by atoms with E-state index in [-0.39, 0.29) is 18.2 Å². The number of unbranched alkanes of at least 4 members (excludes halogenated alkanes) is 1. The number of piperidine rings is 1. The van der Waals surface area contributed by atoms with Crippen molar-refractivity contribution in [3.63, 3.8) is 0 Å². The number of benzene rings is 2. The molecule has 2 saturated heterocycles. The highest BCUT2D eigenvalue weighted by molar-refractivity contribution is 6.05. The van der Waals surface area contributed by atoms with Gasteiger partial charge < -0.3 is 9.80 Å². The van der Waals surface area contributed by atoms with Gasteiger partial charge in [-0.25, -0.2) is 0 Å². The van der Waals surface area contributed by atoms with E-state index in [1.165, 1.54) is 0 Å². The number of alkyl halides is 3. The Labute approximate surface area is 219 Å². The predicted octanol–water partition coefficient (Wildman–Crippen LogP) is 3.61. The standard InChI is InChI=1S/C28H31F3N4O3/c29-28(30,31)20-7-9-21(10-8-20)34-16-14-33(15-17-34)13-2-1-4-19-5-3-6-22-23(19)18-35(27(22)38)24-11-12-25(36)32-26(24)37/h3,5-10,24H,1-2,4,11-18H2,(H,32,36,37). The van der Waals surface area contributed by atoms with E-state index in [1.807, 2.05) is 18.2 Å². The molecule has 1 atom stereocenters. The van der Waals surface area contributed by atoms with E-state index < -0.39 is 23.7 Å². The maximum Gasteiger partial charge on any atom is 0.416 e. The number of fused-ring (bicyclic) bond motifs is 1. The van der Waals surface area contributed by atoms with Gasteiger partial charge >= 0.3 is 6.18 Å². The first-order valence-corrected chi connectivity index (χ1v) is 13.1. The van der Waals surface area contributed by atoms with Crippen LogP contribution in [0.4, 0.5) is 18.9 Å². The molecule has 3 aliphatic rings. The zero-order valence-corrected chi connectivity index (χ0v) is 21.1. The number of hydrogen-bond acceptors (Lipinski definition) is 5. The number of carbonyl (C=O) groups excluding carboxylic acids is 3. The number of piperazine rings is 1. The molecular weight excluding hydrogens is 497 g/mol. The molecule has 0 saturated carbocycles. The summed E-state index contributed by atoms with van der Waals surface area (Å²) in [6, 6.07) is 10.5. The van der Waals surface area contributed by atoms with Crippen molar-refractivity contribution >= 4 is 23.4 Å². The fourth-order valence-electron chi connectivity index (χ4n) is 5.63. The van der Waals surface area contributed by atoms with Crippen LogP contribution < -0.4 is 10.2 Å².